The molecule has 4 aromatic rings. The van der Waals surface area contributed by atoms with Crippen molar-refractivity contribution in [3.8, 4) is 17.1 Å². The molecule has 2 N–H and O–H groups in total. The lowest BCUT2D eigenvalue weighted by atomic mass is 10.1. The van der Waals surface area contributed by atoms with Gasteiger partial charge < -0.3 is 24.6 Å². The molecular formula is C31H36N4O5. The van der Waals surface area contributed by atoms with Gasteiger partial charge in [0.25, 0.3) is 0 Å². The van der Waals surface area contributed by atoms with Gasteiger partial charge in [-0.2, -0.15) is 5.10 Å². The molecule has 210 valence electrons. The number of aromatic nitrogens is 3. The fraction of sp³-hybridized carbons (Fsp3) is 0.387. The SMILES string of the molecule is CC(O)c1cccc(-c2nn(C3CCCCO3)c3ccc(O[C@H](C)CCN(Cc4ccccc4)C(=O)O)cc23)n1. The van der Waals surface area contributed by atoms with E-state index in [2.05, 4.69) is 4.98 Å². The summed E-state index contributed by atoms with van der Waals surface area (Å²) in [6.07, 6.45) is 1.53. The van der Waals surface area contributed by atoms with E-state index in [1.807, 2.05) is 72.3 Å². The van der Waals surface area contributed by atoms with Crippen molar-refractivity contribution < 1.29 is 24.5 Å². The Labute approximate surface area is 234 Å². The van der Waals surface area contributed by atoms with E-state index in [0.717, 1.165) is 35.7 Å². The molecule has 0 aliphatic carbocycles. The normalized spacial score (nSPS) is 16.9. The maximum atomic E-state index is 11.8. The Bertz CT molecular complexity index is 1430. The molecule has 0 saturated carbocycles. The number of amides is 1. The van der Waals surface area contributed by atoms with Gasteiger partial charge in [-0.05, 0) is 69.0 Å². The quantitative estimate of drug-likeness (QED) is 0.245. The number of aliphatic hydroxyl groups excluding tert-OH is 1. The molecule has 0 spiro atoms. The zero-order chi connectivity index (χ0) is 28.1. The van der Waals surface area contributed by atoms with Gasteiger partial charge in [-0.1, -0.05) is 36.4 Å². The van der Waals surface area contributed by atoms with Gasteiger partial charge in [0, 0.05) is 31.5 Å². The van der Waals surface area contributed by atoms with Crippen molar-refractivity contribution >= 4 is 17.0 Å². The monoisotopic (exact) mass is 544 g/mol. The summed E-state index contributed by atoms with van der Waals surface area (Å²) in [4.78, 5) is 17.9. The minimum Gasteiger partial charge on any atom is -0.491 e. The van der Waals surface area contributed by atoms with Crippen molar-refractivity contribution in [2.45, 2.75) is 64.5 Å². The Morgan fingerprint density at radius 1 is 1.12 bits per heavy atom. The molecule has 3 atom stereocenters. The van der Waals surface area contributed by atoms with Crippen LogP contribution in [0.3, 0.4) is 0 Å². The maximum Gasteiger partial charge on any atom is 0.407 e. The molecule has 3 heterocycles. The number of fused-ring (bicyclic) bond motifs is 1. The predicted octanol–water partition coefficient (Wildman–Crippen LogP) is 6.19. The highest BCUT2D eigenvalue weighted by Gasteiger charge is 2.23. The van der Waals surface area contributed by atoms with Crippen LogP contribution in [-0.2, 0) is 11.3 Å². The van der Waals surface area contributed by atoms with E-state index in [-0.39, 0.29) is 12.3 Å². The third kappa shape index (κ3) is 6.43. The maximum absolute atomic E-state index is 11.8. The van der Waals surface area contributed by atoms with E-state index in [1.165, 1.54) is 4.90 Å². The van der Waals surface area contributed by atoms with Crippen LogP contribution < -0.4 is 4.74 Å². The smallest absolute Gasteiger partial charge is 0.407 e. The van der Waals surface area contributed by atoms with Gasteiger partial charge in [0.2, 0.25) is 0 Å². The van der Waals surface area contributed by atoms with Crippen LogP contribution in [0.1, 0.15) is 63.1 Å². The molecule has 2 unspecified atom stereocenters. The minimum absolute atomic E-state index is 0.151. The lowest BCUT2D eigenvalue weighted by Crippen LogP contribution is -2.32. The van der Waals surface area contributed by atoms with Gasteiger partial charge in [0.15, 0.2) is 6.23 Å². The number of hydrogen-bond acceptors (Lipinski definition) is 6. The zero-order valence-electron chi connectivity index (χ0n) is 22.9. The van der Waals surface area contributed by atoms with Gasteiger partial charge in [0.1, 0.15) is 11.4 Å². The van der Waals surface area contributed by atoms with E-state index < -0.39 is 12.2 Å². The number of carbonyl (C=O) groups is 1. The fourth-order valence-corrected chi connectivity index (χ4v) is 5.01. The molecule has 1 saturated heterocycles. The fourth-order valence-electron chi connectivity index (χ4n) is 5.01. The Balaban J connectivity index is 1.38. The van der Waals surface area contributed by atoms with Crippen molar-refractivity contribution in [1.29, 1.82) is 0 Å². The lowest BCUT2D eigenvalue weighted by molar-refractivity contribution is -0.0365. The van der Waals surface area contributed by atoms with Crippen LogP contribution in [0, 0.1) is 0 Å². The lowest BCUT2D eigenvalue weighted by Gasteiger charge is -2.23. The van der Waals surface area contributed by atoms with Crippen molar-refractivity contribution in [2.24, 2.45) is 0 Å². The number of hydrogen-bond donors (Lipinski definition) is 2. The van der Waals surface area contributed by atoms with Crippen molar-refractivity contribution in [3.63, 3.8) is 0 Å². The second kappa shape index (κ2) is 12.5. The first kappa shape index (κ1) is 27.6. The highest BCUT2D eigenvalue weighted by molar-refractivity contribution is 5.93. The van der Waals surface area contributed by atoms with E-state index in [0.29, 0.717) is 48.9 Å². The second-order valence-electron chi connectivity index (χ2n) is 10.3. The summed E-state index contributed by atoms with van der Waals surface area (Å²) in [5, 5.41) is 25.6. The molecule has 40 heavy (non-hydrogen) atoms. The molecule has 1 aliphatic heterocycles. The van der Waals surface area contributed by atoms with Crippen LogP contribution in [0.5, 0.6) is 5.75 Å². The highest BCUT2D eigenvalue weighted by Crippen LogP contribution is 2.35. The topological polar surface area (TPSA) is 110 Å². The first-order valence-electron chi connectivity index (χ1n) is 13.9. The summed E-state index contributed by atoms with van der Waals surface area (Å²) in [5.41, 5.74) is 3.81. The Morgan fingerprint density at radius 3 is 2.67 bits per heavy atom. The Hall–Kier alpha value is -3.95. The number of rotatable bonds is 10. The third-order valence-electron chi connectivity index (χ3n) is 7.18. The second-order valence-corrected chi connectivity index (χ2v) is 10.3. The highest BCUT2D eigenvalue weighted by atomic mass is 16.5. The molecule has 9 heteroatoms. The minimum atomic E-state index is -0.952. The van der Waals surface area contributed by atoms with Crippen molar-refractivity contribution in [3.05, 3.63) is 78.0 Å². The summed E-state index contributed by atoms with van der Waals surface area (Å²) in [5.74, 6) is 0.668. The molecule has 9 nitrogen and oxygen atoms in total. The average Bonchev–Trinajstić information content (AvgIpc) is 3.35. The molecule has 1 amide bonds. The Kier molecular flexibility index (Phi) is 8.62. The van der Waals surface area contributed by atoms with Crippen LogP contribution in [-0.4, -0.2) is 55.2 Å². The van der Waals surface area contributed by atoms with Gasteiger partial charge >= 0.3 is 6.09 Å². The standard InChI is InChI=1S/C31H36N4O5/c1-21(16-17-34(31(37)38)20-23-9-4-3-5-10-23)40-24-14-15-28-25(19-24)30(27-12-8-11-26(32-27)22(2)36)33-35(28)29-13-6-7-18-39-29/h3-5,8-12,14-15,19,21-22,29,36H,6-7,13,16-18,20H2,1-2H3,(H,37,38)/t21-,22?,29?/m1/s1. The van der Waals surface area contributed by atoms with Gasteiger partial charge in [0.05, 0.1) is 29.1 Å². The molecule has 2 aromatic heterocycles. The van der Waals surface area contributed by atoms with E-state index in [4.69, 9.17) is 14.6 Å². The summed E-state index contributed by atoms with van der Waals surface area (Å²) in [6, 6.07) is 21.0. The number of nitrogens with zero attached hydrogens (tertiary/aromatic N) is 4. The van der Waals surface area contributed by atoms with Gasteiger partial charge in [-0.15, -0.1) is 0 Å². The number of ether oxygens (including phenoxy) is 2. The molecule has 2 aromatic carbocycles. The molecule has 0 radical (unpaired) electrons. The number of pyridine rings is 1. The van der Waals surface area contributed by atoms with Crippen LogP contribution >= 0.6 is 0 Å². The molecule has 1 fully saturated rings. The van der Waals surface area contributed by atoms with Crippen LogP contribution in [0.25, 0.3) is 22.3 Å². The number of carboxylic acid groups (broad SMARTS) is 1. The zero-order valence-corrected chi connectivity index (χ0v) is 22.9. The predicted molar refractivity (Wildman–Crippen MR) is 152 cm³/mol. The molecule has 1 aliphatic rings. The first-order chi connectivity index (χ1) is 19.4. The summed E-state index contributed by atoms with van der Waals surface area (Å²) < 4.78 is 14.2. The van der Waals surface area contributed by atoms with Crippen LogP contribution in [0.4, 0.5) is 4.79 Å². The van der Waals surface area contributed by atoms with Crippen molar-refractivity contribution in [1.82, 2.24) is 19.7 Å². The van der Waals surface area contributed by atoms with Crippen LogP contribution in [0.15, 0.2) is 66.7 Å². The molecule has 5 rings (SSSR count). The van der Waals surface area contributed by atoms with Gasteiger partial charge in [-0.25, -0.2) is 14.5 Å². The van der Waals surface area contributed by atoms with E-state index in [9.17, 15) is 15.0 Å². The van der Waals surface area contributed by atoms with E-state index in [1.54, 1.807) is 13.0 Å². The summed E-state index contributed by atoms with van der Waals surface area (Å²) >= 11 is 0. The van der Waals surface area contributed by atoms with Gasteiger partial charge in [-0.3, -0.25) is 0 Å². The molecular weight excluding hydrogens is 508 g/mol. The number of aliphatic hydroxyl groups is 1. The van der Waals surface area contributed by atoms with Crippen molar-refractivity contribution in [2.75, 3.05) is 13.2 Å². The largest absolute Gasteiger partial charge is 0.491 e. The summed E-state index contributed by atoms with van der Waals surface area (Å²) in [7, 11) is 0. The molecule has 0 bridgehead atoms. The first-order valence-corrected chi connectivity index (χ1v) is 13.9. The average molecular weight is 545 g/mol. The third-order valence-corrected chi connectivity index (χ3v) is 7.18. The van der Waals surface area contributed by atoms with Crippen LogP contribution in [0.2, 0.25) is 0 Å². The number of benzene rings is 2. The van der Waals surface area contributed by atoms with E-state index >= 15 is 0 Å². The summed E-state index contributed by atoms with van der Waals surface area (Å²) in [6.45, 7) is 5.02. The Morgan fingerprint density at radius 2 is 1.95 bits per heavy atom.